The van der Waals surface area contributed by atoms with E-state index < -0.39 is 0 Å². The van der Waals surface area contributed by atoms with E-state index >= 15 is 0 Å². The van der Waals surface area contributed by atoms with Gasteiger partial charge in [0.15, 0.2) is 4.96 Å². The number of thiazole rings is 1. The number of anilines is 1. The number of fused-ring (bicyclic) bond motifs is 1. The van der Waals surface area contributed by atoms with Crippen LogP contribution >= 0.6 is 11.3 Å². The molecule has 2 aromatic heterocycles. The summed E-state index contributed by atoms with van der Waals surface area (Å²) in [5.41, 5.74) is 10.9. The highest BCUT2D eigenvalue weighted by Gasteiger charge is 2.18. The zero-order valence-corrected chi connectivity index (χ0v) is 13.8. The third kappa shape index (κ3) is 2.23. The standard InChI is InChI=1S/C17H21N3S/c1-5-14-15(13-8-6-12(7-9-13)10(2)3)20-16(18)11(4)19-17(20)21-14/h6-10H,5,18H2,1-4H3. The molecule has 0 fully saturated rings. The Morgan fingerprint density at radius 2 is 1.90 bits per heavy atom. The van der Waals surface area contributed by atoms with Crippen LogP contribution in [0.15, 0.2) is 24.3 Å². The van der Waals surface area contributed by atoms with E-state index in [1.807, 2.05) is 6.92 Å². The van der Waals surface area contributed by atoms with E-state index in [-0.39, 0.29) is 0 Å². The van der Waals surface area contributed by atoms with Crippen molar-refractivity contribution in [2.24, 2.45) is 0 Å². The molecule has 0 unspecified atom stereocenters. The van der Waals surface area contributed by atoms with Crippen molar-refractivity contribution in [2.75, 3.05) is 5.73 Å². The van der Waals surface area contributed by atoms with Gasteiger partial charge in [-0.25, -0.2) is 4.98 Å². The Balaban J connectivity index is 2.22. The first-order valence-electron chi connectivity index (χ1n) is 7.39. The van der Waals surface area contributed by atoms with Crippen LogP contribution in [-0.4, -0.2) is 9.38 Å². The normalized spacial score (nSPS) is 11.7. The van der Waals surface area contributed by atoms with Gasteiger partial charge in [-0.3, -0.25) is 4.40 Å². The van der Waals surface area contributed by atoms with Crippen LogP contribution < -0.4 is 5.73 Å². The fourth-order valence-electron chi connectivity index (χ4n) is 2.64. The quantitative estimate of drug-likeness (QED) is 0.765. The van der Waals surface area contributed by atoms with Crippen LogP contribution in [0.1, 0.15) is 42.8 Å². The lowest BCUT2D eigenvalue weighted by Gasteiger charge is -2.09. The molecule has 1 aromatic carbocycles. The summed E-state index contributed by atoms with van der Waals surface area (Å²) >= 11 is 1.74. The average Bonchev–Trinajstić information content (AvgIpc) is 2.96. The van der Waals surface area contributed by atoms with E-state index in [1.165, 1.54) is 21.7 Å². The van der Waals surface area contributed by atoms with Gasteiger partial charge in [-0.2, -0.15) is 0 Å². The molecule has 0 saturated carbocycles. The predicted molar refractivity (Wildman–Crippen MR) is 91.1 cm³/mol. The van der Waals surface area contributed by atoms with Gasteiger partial charge in [0.25, 0.3) is 0 Å². The first kappa shape index (κ1) is 14.1. The monoisotopic (exact) mass is 299 g/mol. The van der Waals surface area contributed by atoms with Crippen molar-refractivity contribution in [3.8, 4) is 11.3 Å². The van der Waals surface area contributed by atoms with Gasteiger partial charge in [0.1, 0.15) is 5.82 Å². The maximum absolute atomic E-state index is 6.23. The molecule has 110 valence electrons. The highest BCUT2D eigenvalue weighted by atomic mass is 32.1. The molecule has 0 bridgehead atoms. The van der Waals surface area contributed by atoms with Gasteiger partial charge in [0.05, 0.1) is 11.4 Å². The number of aromatic nitrogens is 2. The van der Waals surface area contributed by atoms with Gasteiger partial charge in [0.2, 0.25) is 0 Å². The number of rotatable bonds is 3. The summed E-state index contributed by atoms with van der Waals surface area (Å²) in [6.07, 6.45) is 0.994. The molecule has 0 spiro atoms. The first-order chi connectivity index (χ1) is 10.0. The number of hydrogen-bond acceptors (Lipinski definition) is 3. The number of nitrogens with two attached hydrogens (primary N) is 1. The molecule has 2 N–H and O–H groups in total. The Morgan fingerprint density at radius 3 is 2.48 bits per heavy atom. The lowest BCUT2D eigenvalue weighted by molar-refractivity contribution is 0.867. The maximum atomic E-state index is 6.23. The second-order valence-electron chi connectivity index (χ2n) is 5.70. The first-order valence-corrected chi connectivity index (χ1v) is 8.21. The van der Waals surface area contributed by atoms with Crippen molar-refractivity contribution in [2.45, 2.75) is 40.0 Å². The minimum absolute atomic E-state index is 0.549. The Labute approximate surface area is 129 Å². The smallest absolute Gasteiger partial charge is 0.196 e. The molecular weight excluding hydrogens is 278 g/mol. The average molecular weight is 299 g/mol. The van der Waals surface area contributed by atoms with Gasteiger partial charge >= 0.3 is 0 Å². The van der Waals surface area contributed by atoms with Crippen molar-refractivity contribution in [1.82, 2.24) is 9.38 Å². The van der Waals surface area contributed by atoms with Gasteiger partial charge in [0, 0.05) is 4.88 Å². The molecule has 3 nitrogen and oxygen atoms in total. The van der Waals surface area contributed by atoms with Crippen molar-refractivity contribution in [3.63, 3.8) is 0 Å². The van der Waals surface area contributed by atoms with E-state index in [9.17, 15) is 0 Å². The molecule has 3 rings (SSSR count). The van der Waals surface area contributed by atoms with E-state index in [4.69, 9.17) is 5.73 Å². The summed E-state index contributed by atoms with van der Waals surface area (Å²) in [6, 6.07) is 8.82. The summed E-state index contributed by atoms with van der Waals surface area (Å²) in [7, 11) is 0. The van der Waals surface area contributed by atoms with Gasteiger partial charge in [-0.05, 0) is 30.4 Å². The molecular formula is C17H21N3S. The SMILES string of the molecule is CCc1sc2nc(C)c(N)n2c1-c1ccc(C(C)C)cc1. The summed E-state index contributed by atoms with van der Waals surface area (Å²) in [5.74, 6) is 1.30. The molecule has 0 radical (unpaired) electrons. The Hall–Kier alpha value is -1.81. The van der Waals surface area contributed by atoms with Crippen LogP contribution in [0.5, 0.6) is 0 Å². The van der Waals surface area contributed by atoms with Crippen LogP contribution in [0.2, 0.25) is 0 Å². The molecule has 0 aliphatic rings. The zero-order chi connectivity index (χ0) is 15.1. The maximum Gasteiger partial charge on any atom is 0.196 e. The van der Waals surface area contributed by atoms with Crippen LogP contribution in [0.25, 0.3) is 16.2 Å². The number of imidazole rings is 1. The fraction of sp³-hybridized carbons (Fsp3) is 0.353. The minimum Gasteiger partial charge on any atom is -0.383 e. The highest BCUT2D eigenvalue weighted by molar-refractivity contribution is 7.17. The second kappa shape index (κ2) is 5.19. The summed E-state index contributed by atoms with van der Waals surface area (Å²) in [5, 5.41) is 0. The van der Waals surface area contributed by atoms with Crippen molar-refractivity contribution in [3.05, 3.63) is 40.4 Å². The second-order valence-corrected chi connectivity index (χ2v) is 6.77. The molecule has 21 heavy (non-hydrogen) atoms. The lowest BCUT2D eigenvalue weighted by Crippen LogP contribution is -1.97. The predicted octanol–water partition coefficient (Wildman–Crippen LogP) is 4.64. The minimum atomic E-state index is 0.549. The van der Waals surface area contributed by atoms with Crippen molar-refractivity contribution < 1.29 is 0 Å². The van der Waals surface area contributed by atoms with Gasteiger partial charge < -0.3 is 5.73 Å². The van der Waals surface area contributed by atoms with E-state index in [0.717, 1.165) is 22.9 Å². The zero-order valence-electron chi connectivity index (χ0n) is 13.0. The largest absolute Gasteiger partial charge is 0.383 e. The molecule has 0 saturated heterocycles. The number of benzene rings is 1. The third-order valence-corrected chi connectivity index (χ3v) is 5.13. The fourth-order valence-corrected chi connectivity index (χ4v) is 3.77. The topological polar surface area (TPSA) is 43.3 Å². The Kier molecular flexibility index (Phi) is 3.49. The van der Waals surface area contributed by atoms with Crippen LogP contribution in [0, 0.1) is 6.92 Å². The number of nitrogens with zero attached hydrogens (tertiary/aromatic N) is 2. The van der Waals surface area contributed by atoms with Crippen molar-refractivity contribution in [1.29, 1.82) is 0 Å². The van der Waals surface area contributed by atoms with Gasteiger partial charge in [-0.1, -0.05) is 45.0 Å². The molecule has 0 atom stereocenters. The van der Waals surface area contributed by atoms with Crippen LogP contribution in [-0.2, 0) is 6.42 Å². The van der Waals surface area contributed by atoms with E-state index in [0.29, 0.717) is 5.92 Å². The van der Waals surface area contributed by atoms with Crippen LogP contribution in [0.3, 0.4) is 0 Å². The highest BCUT2D eigenvalue weighted by Crippen LogP contribution is 2.35. The van der Waals surface area contributed by atoms with E-state index in [1.54, 1.807) is 11.3 Å². The van der Waals surface area contributed by atoms with Gasteiger partial charge in [-0.15, -0.1) is 11.3 Å². The number of aryl methyl sites for hydroxylation is 2. The summed E-state index contributed by atoms with van der Waals surface area (Å²) in [6.45, 7) is 8.57. The molecule has 2 heterocycles. The third-order valence-electron chi connectivity index (χ3n) is 3.94. The number of nitrogen functional groups attached to an aromatic ring is 1. The molecule has 0 aliphatic heterocycles. The molecule has 3 aromatic rings. The molecule has 0 aliphatic carbocycles. The summed E-state index contributed by atoms with van der Waals surface area (Å²) in [4.78, 5) is 6.89. The lowest BCUT2D eigenvalue weighted by atomic mass is 10.0. The van der Waals surface area contributed by atoms with E-state index in [2.05, 4.69) is 54.4 Å². The van der Waals surface area contributed by atoms with Crippen molar-refractivity contribution >= 4 is 22.1 Å². The summed E-state index contributed by atoms with van der Waals surface area (Å²) < 4.78 is 2.10. The Morgan fingerprint density at radius 1 is 1.24 bits per heavy atom. The van der Waals surface area contributed by atoms with Crippen LogP contribution in [0.4, 0.5) is 5.82 Å². The number of hydrogen-bond donors (Lipinski definition) is 1. The molecule has 0 amide bonds. The molecule has 4 heteroatoms. The Bertz CT molecular complexity index is 779.